The second kappa shape index (κ2) is 4.51. The Bertz CT molecular complexity index is 666. The predicted octanol–water partition coefficient (Wildman–Crippen LogP) is 2.01. The molecule has 98 valence electrons. The van der Waals surface area contributed by atoms with Crippen molar-refractivity contribution in [3.05, 3.63) is 35.0 Å². The first-order chi connectivity index (χ1) is 9.20. The molecule has 1 aliphatic heterocycles. The minimum atomic E-state index is -0.956. The van der Waals surface area contributed by atoms with Crippen LogP contribution in [-0.2, 0) is 17.8 Å². The van der Waals surface area contributed by atoms with E-state index in [1.807, 2.05) is 0 Å². The minimum absolute atomic E-state index is 0.276. The zero-order chi connectivity index (χ0) is 13.4. The highest BCUT2D eigenvalue weighted by molar-refractivity contribution is 6.04. The van der Waals surface area contributed by atoms with Gasteiger partial charge in [-0.1, -0.05) is 0 Å². The summed E-state index contributed by atoms with van der Waals surface area (Å²) in [6.07, 6.45) is 0.650. The summed E-state index contributed by atoms with van der Waals surface area (Å²) in [4.78, 5) is 16.1. The molecule has 3 rings (SSSR count). The van der Waals surface area contributed by atoms with Gasteiger partial charge in [0.1, 0.15) is 5.75 Å². The van der Waals surface area contributed by atoms with E-state index in [0.29, 0.717) is 41.9 Å². The van der Waals surface area contributed by atoms with Crippen molar-refractivity contribution in [1.82, 2.24) is 4.98 Å². The molecule has 1 aliphatic rings. The zero-order valence-electron chi connectivity index (χ0n) is 10.5. The maximum Gasteiger partial charge on any atom is 0.336 e. The van der Waals surface area contributed by atoms with Crippen molar-refractivity contribution >= 4 is 16.9 Å². The van der Waals surface area contributed by atoms with Gasteiger partial charge in [0, 0.05) is 23.1 Å². The van der Waals surface area contributed by atoms with Gasteiger partial charge >= 0.3 is 5.97 Å². The fraction of sp³-hybridized carbons (Fsp3) is 0.286. The largest absolute Gasteiger partial charge is 0.497 e. The third kappa shape index (κ3) is 1.92. The molecule has 1 aromatic heterocycles. The highest BCUT2D eigenvalue weighted by Crippen LogP contribution is 2.29. The van der Waals surface area contributed by atoms with Crippen LogP contribution < -0.4 is 4.74 Å². The van der Waals surface area contributed by atoms with Gasteiger partial charge in [-0.05, 0) is 18.2 Å². The van der Waals surface area contributed by atoms with Gasteiger partial charge in [-0.25, -0.2) is 4.79 Å². The summed E-state index contributed by atoms with van der Waals surface area (Å²) in [6.45, 7) is 0.887. The van der Waals surface area contributed by atoms with E-state index in [0.717, 1.165) is 5.69 Å². The van der Waals surface area contributed by atoms with E-state index in [2.05, 4.69) is 4.98 Å². The van der Waals surface area contributed by atoms with E-state index in [1.54, 1.807) is 25.3 Å². The second-order valence-corrected chi connectivity index (χ2v) is 4.40. The molecule has 0 saturated heterocycles. The first kappa shape index (κ1) is 11.9. The van der Waals surface area contributed by atoms with Crippen molar-refractivity contribution < 1.29 is 19.4 Å². The number of carbonyl (C=O) groups is 1. The Morgan fingerprint density at radius 3 is 3.05 bits per heavy atom. The van der Waals surface area contributed by atoms with Gasteiger partial charge in [-0.3, -0.25) is 4.98 Å². The number of hydrogen-bond donors (Lipinski definition) is 1. The van der Waals surface area contributed by atoms with Crippen molar-refractivity contribution in [2.45, 2.75) is 13.0 Å². The molecule has 2 aromatic rings. The molecule has 5 nitrogen and oxygen atoms in total. The van der Waals surface area contributed by atoms with E-state index in [-0.39, 0.29) is 5.56 Å². The average Bonchev–Trinajstić information content (AvgIpc) is 2.43. The summed E-state index contributed by atoms with van der Waals surface area (Å²) in [6, 6.07) is 5.28. The van der Waals surface area contributed by atoms with Crippen LogP contribution in [0.1, 0.15) is 21.6 Å². The Labute approximate surface area is 109 Å². The number of benzene rings is 1. The molecule has 0 radical (unpaired) electrons. The van der Waals surface area contributed by atoms with Crippen molar-refractivity contribution in [1.29, 1.82) is 0 Å². The first-order valence-electron chi connectivity index (χ1n) is 6.01. The molecule has 1 aromatic carbocycles. The maximum atomic E-state index is 11.6. The Hall–Kier alpha value is -2.14. The highest BCUT2D eigenvalue weighted by Gasteiger charge is 2.22. The minimum Gasteiger partial charge on any atom is -0.497 e. The Kier molecular flexibility index (Phi) is 2.83. The Morgan fingerprint density at radius 2 is 2.32 bits per heavy atom. The van der Waals surface area contributed by atoms with E-state index >= 15 is 0 Å². The van der Waals surface area contributed by atoms with Gasteiger partial charge in [0.2, 0.25) is 0 Å². The number of methoxy groups -OCH3 is 1. The molecule has 0 aliphatic carbocycles. The zero-order valence-corrected chi connectivity index (χ0v) is 10.5. The third-order valence-corrected chi connectivity index (χ3v) is 3.32. The van der Waals surface area contributed by atoms with E-state index < -0.39 is 5.97 Å². The summed E-state index contributed by atoms with van der Waals surface area (Å²) in [7, 11) is 1.55. The summed E-state index contributed by atoms with van der Waals surface area (Å²) < 4.78 is 10.5. The van der Waals surface area contributed by atoms with Crippen LogP contribution in [0, 0.1) is 0 Å². The van der Waals surface area contributed by atoms with Crippen LogP contribution in [0.5, 0.6) is 5.75 Å². The van der Waals surface area contributed by atoms with Crippen LogP contribution >= 0.6 is 0 Å². The molecule has 0 fully saturated rings. The van der Waals surface area contributed by atoms with Crippen molar-refractivity contribution in [2.75, 3.05) is 13.7 Å². The van der Waals surface area contributed by atoms with Crippen LogP contribution in [0.3, 0.4) is 0 Å². The van der Waals surface area contributed by atoms with Gasteiger partial charge in [0.15, 0.2) is 0 Å². The van der Waals surface area contributed by atoms with E-state index in [4.69, 9.17) is 9.47 Å². The average molecular weight is 259 g/mol. The van der Waals surface area contributed by atoms with Gasteiger partial charge in [0.25, 0.3) is 0 Å². The molecular formula is C14H13NO4. The van der Waals surface area contributed by atoms with Crippen LogP contribution in [0.25, 0.3) is 10.9 Å². The molecule has 2 heterocycles. The lowest BCUT2D eigenvalue weighted by Crippen LogP contribution is -2.17. The molecular weight excluding hydrogens is 246 g/mol. The third-order valence-electron chi connectivity index (χ3n) is 3.32. The van der Waals surface area contributed by atoms with E-state index in [9.17, 15) is 9.90 Å². The summed E-state index contributed by atoms with van der Waals surface area (Å²) in [5.41, 5.74) is 2.46. The Morgan fingerprint density at radius 1 is 1.47 bits per heavy atom. The number of aromatic nitrogens is 1. The Balaban J connectivity index is 2.36. The summed E-state index contributed by atoms with van der Waals surface area (Å²) in [5.74, 6) is -0.337. The molecule has 19 heavy (non-hydrogen) atoms. The van der Waals surface area contributed by atoms with Gasteiger partial charge < -0.3 is 14.6 Å². The highest BCUT2D eigenvalue weighted by atomic mass is 16.5. The number of ether oxygens (including phenoxy) is 2. The molecule has 0 atom stereocenters. The second-order valence-electron chi connectivity index (χ2n) is 4.40. The molecule has 0 saturated carbocycles. The number of aromatic carboxylic acids is 1. The van der Waals surface area contributed by atoms with Gasteiger partial charge in [-0.15, -0.1) is 0 Å². The van der Waals surface area contributed by atoms with Gasteiger partial charge in [0.05, 0.1) is 31.4 Å². The lowest BCUT2D eigenvalue weighted by molar-refractivity contribution is 0.0683. The van der Waals surface area contributed by atoms with Gasteiger partial charge in [-0.2, -0.15) is 0 Å². The topological polar surface area (TPSA) is 68.7 Å². The van der Waals surface area contributed by atoms with Crippen molar-refractivity contribution in [3.8, 4) is 5.75 Å². The quantitative estimate of drug-likeness (QED) is 0.893. The fourth-order valence-corrected chi connectivity index (χ4v) is 2.41. The van der Waals surface area contributed by atoms with Crippen molar-refractivity contribution in [3.63, 3.8) is 0 Å². The van der Waals surface area contributed by atoms with Crippen LogP contribution in [-0.4, -0.2) is 29.8 Å². The number of nitrogens with zero attached hydrogens (tertiary/aromatic N) is 1. The standard InChI is InChI=1S/C14H13NO4/c1-18-8-2-3-11-9(6-8)13(14(16)17)10-7-19-5-4-12(10)15-11/h2-3,6H,4-5,7H2,1H3,(H,16,17). The molecule has 0 bridgehead atoms. The number of carboxylic acid groups (broad SMARTS) is 1. The molecule has 1 N–H and O–H groups in total. The lowest BCUT2D eigenvalue weighted by Gasteiger charge is -2.19. The van der Waals surface area contributed by atoms with Crippen LogP contribution in [0.15, 0.2) is 18.2 Å². The molecule has 5 heteroatoms. The summed E-state index contributed by atoms with van der Waals surface area (Å²) in [5, 5.41) is 10.1. The lowest BCUT2D eigenvalue weighted by atomic mass is 9.98. The SMILES string of the molecule is COc1ccc2nc3c(c(C(=O)O)c2c1)COCC3. The molecule has 0 amide bonds. The first-order valence-corrected chi connectivity index (χ1v) is 6.01. The number of hydrogen-bond acceptors (Lipinski definition) is 4. The monoisotopic (exact) mass is 259 g/mol. The number of pyridine rings is 1. The molecule has 0 spiro atoms. The summed E-state index contributed by atoms with van der Waals surface area (Å²) >= 11 is 0. The maximum absolute atomic E-state index is 11.6. The number of fused-ring (bicyclic) bond motifs is 2. The van der Waals surface area contributed by atoms with E-state index in [1.165, 1.54) is 0 Å². The number of rotatable bonds is 2. The number of carboxylic acids is 1. The normalized spacial score (nSPS) is 14.2. The van der Waals surface area contributed by atoms with Crippen LogP contribution in [0.4, 0.5) is 0 Å². The molecule has 0 unspecified atom stereocenters. The smallest absolute Gasteiger partial charge is 0.336 e. The van der Waals surface area contributed by atoms with Crippen LogP contribution in [0.2, 0.25) is 0 Å². The van der Waals surface area contributed by atoms with Crippen molar-refractivity contribution in [2.24, 2.45) is 0 Å². The fourth-order valence-electron chi connectivity index (χ4n) is 2.41. The predicted molar refractivity (Wildman–Crippen MR) is 68.6 cm³/mol.